The van der Waals surface area contributed by atoms with Crippen LogP contribution in [0.15, 0.2) is 12.2 Å². The van der Waals surface area contributed by atoms with Crippen molar-refractivity contribution >= 4 is 0 Å². The third kappa shape index (κ3) is 7.02. The molecule has 2 fully saturated rings. The molecule has 2 saturated carbocycles. The van der Waals surface area contributed by atoms with Crippen molar-refractivity contribution in [2.45, 2.75) is 110 Å². The Morgan fingerprint density at radius 1 is 0.696 bits per heavy atom. The summed E-state index contributed by atoms with van der Waals surface area (Å²) in [4.78, 5) is 0. The highest BCUT2D eigenvalue weighted by molar-refractivity contribution is 4.91. The summed E-state index contributed by atoms with van der Waals surface area (Å²) in [6.45, 7) is 4.57. The molecule has 0 nitrogen and oxygen atoms in total. The van der Waals surface area contributed by atoms with Crippen LogP contribution in [0.4, 0.5) is 0 Å². The van der Waals surface area contributed by atoms with E-state index in [1.54, 1.807) is 25.7 Å². The van der Waals surface area contributed by atoms with Crippen LogP contribution in [0, 0.1) is 23.7 Å². The minimum Gasteiger partial charge on any atom is -0.0885 e. The van der Waals surface area contributed by atoms with Crippen LogP contribution in [0.5, 0.6) is 0 Å². The lowest BCUT2D eigenvalue weighted by molar-refractivity contribution is 0.151. The molecule has 134 valence electrons. The molecule has 0 saturated heterocycles. The van der Waals surface area contributed by atoms with Crippen molar-refractivity contribution in [1.29, 1.82) is 0 Å². The number of unbranched alkanes of at least 4 members (excludes halogenated alkanes) is 4. The Morgan fingerprint density at radius 2 is 1.30 bits per heavy atom. The van der Waals surface area contributed by atoms with Crippen LogP contribution >= 0.6 is 0 Å². The van der Waals surface area contributed by atoms with Crippen LogP contribution in [-0.2, 0) is 0 Å². The summed E-state index contributed by atoms with van der Waals surface area (Å²) in [5.41, 5.74) is 0. The molecule has 0 N–H and O–H groups in total. The fraction of sp³-hybridized carbons (Fsp3) is 0.913. The zero-order chi connectivity index (χ0) is 16.3. The Bertz CT molecular complexity index is 300. The second-order valence-corrected chi connectivity index (χ2v) is 8.49. The number of hydrogen-bond acceptors (Lipinski definition) is 0. The van der Waals surface area contributed by atoms with Crippen molar-refractivity contribution in [2.75, 3.05) is 0 Å². The van der Waals surface area contributed by atoms with Crippen molar-refractivity contribution in [3.8, 4) is 0 Å². The Morgan fingerprint density at radius 3 is 1.91 bits per heavy atom. The quantitative estimate of drug-likeness (QED) is 0.299. The van der Waals surface area contributed by atoms with Gasteiger partial charge in [-0.05, 0) is 68.6 Å². The number of hydrogen-bond donors (Lipinski definition) is 0. The van der Waals surface area contributed by atoms with Crippen molar-refractivity contribution in [2.24, 2.45) is 23.7 Å². The molecule has 0 radical (unpaired) electrons. The van der Waals surface area contributed by atoms with Crippen LogP contribution in [-0.4, -0.2) is 0 Å². The molecule has 0 unspecified atom stereocenters. The largest absolute Gasteiger partial charge is 0.0885 e. The van der Waals surface area contributed by atoms with Gasteiger partial charge in [-0.15, -0.1) is 0 Å². The SMILES string of the molecule is CC/C=C\[C@H]1CC[C@H]([C@H]2CC[C@H](CCCCCCC)CC2)CC1. The van der Waals surface area contributed by atoms with Gasteiger partial charge in [0.1, 0.15) is 0 Å². The molecule has 2 rings (SSSR count). The van der Waals surface area contributed by atoms with Crippen LogP contribution in [0.2, 0.25) is 0 Å². The first-order valence-electron chi connectivity index (χ1n) is 11.0. The molecule has 0 heterocycles. The van der Waals surface area contributed by atoms with Gasteiger partial charge in [0.05, 0.1) is 0 Å². The fourth-order valence-electron chi connectivity index (χ4n) is 5.12. The predicted octanol–water partition coefficient (Wildman–Crippen LogP) is 7.93. The number of rotatable bonds is 9. The summed E-state index contributed by atoms with van der Waals surface area (Å²) < 4.78 is 0. The molecule has 0 spiro atoms. The molecule has 0 atom stereocenters. The molecule has 0 aromatic rings. The number of allylic oxidation sites excluding steroid dienone is 2. The van der Waals surface area contributed by atoms with E-state index in [1.807, 2.05) is 0 Å². The zero-order valence-electron chi connectivity index (χ0n) is 16.1. The van der Waals surface area contributed by atoms with E-state index < -0.39 is 0 Å². The zero-order valence-corrected chi connectivity index (χ0v) is 16.1. The third-order valence-corrected chi connectivity index (χ3v) is 6.73. The normalized spacial score (nSPS) is 32.4. The van der Waals surface area contributed by atoms with Crippen LogP contribution < -0.4 is 0 Å². The molecule has 2 aliphatic rings. The summed E-state index contributed by atoms with van der Waals surface area (Å²) in [5.74, 6) is 4.15. The molecular weight excluding hydrogens is 276 g/mol. The summed E-state index contributed by atoms with van der Waals surface area (Å²) in [6, 6.07) is 0. The Hall–Kier alpha value is -0.260. The van der Waals surface area contributed by atoms with Gasteiger partial charge in [-0.3, -0.25) is 0 Å². The lowest BCUT2D eigenvalue weighted by Crippen LogP contribution is -2.25. The second kappa shape index (κ2) is 11.3. The van der Waals surface area contributed by atoms with E-state index >= 15 is 0 Å². The van der Waals surface area contributed by atoms with E-state index in [0.717, 1.165) is 23.7 Å². The average Bonchev–Trinajstić information content (AvgIpc) is 2.61. The van der Waals surface area contributed by atoms with Gasteiger partial charge >= 0.3 is 0 Å². The molecule has 0 aromatic heterocycles. The van der Waals surface area contributed by atoms with E-state index in [1.165, 1.54) is 70.6 Å². The average molecular weight is 319 g/mol. The standard InChI is InChI=1S/C23H42/c1-3-5-7-8-9-11-21-14-18-23(19-15-21)22-16-12-20(13-17-22)10-6-4-2/h6,10,20-23H,3-5,7-9,11-19H2,1-2H3/b10-6-/t20-,21-,22-,23-. The van der Waals surface area contributed by atoms with Gasteiger partial charge in [-0.1, -0.05) is 77.4 Å². The Labute approximate surface area is 146 Å². The van der Waals surface area contributed by atoms with Gasteiger partial charge in [0.25, 0.3) is 0 Å². The van der Waals surface area contributed by atoms with Crippen LogP contribution in [0.3, 0.4) is 0 Å². The minimum absolute atomic E-state index is 0.908. The van der Waals surface area contributed by atoms with Gasteiger partial charge in [0, 0.05) is 0 Å². The first-order chi connectivity index (χ1) is 11.3. The van der Waals surface area contributed by atoms with Crippen LogP contribution in [0.25, 0.3) is 0 Å². The van der Waals surface area contributed by atoms with Gasteiger partial charge in [0.15, 0.2) is 0 Å². The summed E-state index contributed by atoms with van der Waals surface area (Å²) >= 11 is 0. The highest BCUT2D eigenvalue weighted by Gasteiger charge is 2.30. The Balaban J connectivity index is 1.57. The van der Waals surface area contributed by atoms with E-state index in [9.17, 15) is 0 Å². The van der Waals surface area contributed by atoms with Crippen molar-refractivity contribution in [1.82, 2.24) is 0 Å². The third-order valence-electron chi connectivity index (χ3n) is 6.73. The molecule has 0 aliphatic heterocycles. The van der Waals surface area contributed by atoms with Gasteiger partial charge in [-0.2, -0.15) is 0 Å². The topological polar surface area (TPSA) is 0 Å². The van der Waals surface area contributed by atoms with Gasteiger partial charge in [-0.25, -0.2) is 0 Å². The van der Waals surface area contributed by atoms with E-state index in [2.05, 4.69) is 26.0 Å². The molecule has 23 heavy (non-hydrogen) atoms. The first-order valence-corrected chi connectivity index (χ1v) is 11.0. The van der Waals surface area contributed by atoms with E-state index in [4.69, 9.17) is 0 Å². The van der Waals surface area contributed by atoms with Crippen molar-refractivity contribution in [3.63, 3.8) is 0 Å². The smallest absolute Gasteiger partial charge is 0.0233 e. The summed E-state index contributed by atoms with van der Waals surface area (Å²) in [7, 11) is 0. The van der Waals surface area contributed by atoms with Crippen molar-refractivity contribution < 1.29 is 0 Å². The van der Waals surface area contributed by atoms with Gasteiger partial charge < -0.3 is 0 Å². The maximum Gasteiger partial charge on any atom is -0.0233 e. The Kier molecular flexibility index (Phi) is 9.39. The monoisotopic (exact) mass is 318 g/mol. The van der Waals surface area contributed by atoms with E-state index in [-0.39, 0.29) is 0 Å². The van der Waals surface area contributed by atoms with Gasteiger partial charge in [0.2, 0.25) is 0 Å². The highest BCUT2D eigenvalue weighted by atomic mass is 14.4. The minimum atomic E-state index is 0.908. The predicted molar refractivity (Wildman–Crippen MR) is 104 cm³/mol. The van der Waals surface area contributed by atoms with E-state index in [0.29, 0.717) is 0 Å². The lowest BCUT2D eigenvalue weighted by Gasteiger charge is -2.37. The van der Waals surface area contributed by atoms with Crippen molar-refractivity contribution in [3.05, 3.63) is 12.2 Å². The summed E-state index contributed by atoms with van der Waals surface area (Å²) in [6.07, 6.45) is 27.1. The first kappa shape index (κ1) is 19.1. The molecule has 0 heteroatoms. The highest BCUT2D eigenvalue weighted by Crippen LogP contribution is 2.42. The molecular formula is C23H42. The summed E-state index contributed by atoms with van der Waals surface area (Å²) in [5, 5.41) is 0. The van der Waals surface area contributed by atoms with Crippen LogP contribution in [0.1, 0.15) is 110 Å². The molecule has 2 aliphatic carbocycles. The second-order valence-electron chi connectivity index (χ2n) is 8.49. The maximum absolute atomic E-state index is 2.51. The molecule has 0 amide bonds. The molecule has 0 aromatic carbocycles. The lowest BCUT2D eigenvalue weighted by atomic mass is 9.68. The maximum atomic E-state index is 2.51. The fourth-order valence-corrected chi connectivity index (χ4v) is 5.12. The molecule has 0 bridgehead atoms.